The zero-order valence-corrected chi connectivity index (χ0v) is 38.5. The van der Waals surface area contributed by atoms with Crippen LogP contribution in [0, 0.1) is 0 Å². The van der Waals surface area contributed by atoms with Crippen molar-refractivity contribution in [2.24, 2.45) is 0 Å². The van der Waals surface area contributed by atoms with Crippen LogP contribution in [0.1, 0.15) is 194 Å². The van der Waals surface area contributed by atoms with E-state index < -0.39 is 18.2 Å². The third-order valence-corrected chi connectivity index (χ3v) is 10.3. The average molecular weight is 832 g/mol. The molecule has 0 radical (unpaired) electrons. The first-order valence-electron chi connectivity index (χ1n) is 24.2. The fourth-order valence-electron chi connectivity index (χ4n) is 6.70. The number of unbranched alkanes of at least 4 members (excludes halogenated alkanes) is 18. The lowest BCUT2D eigenvalue weighted by atomic mass is 10.0. The molecule has 3 N–H and O–H groups in total. The van der Waals surface area contributed by atoms with Crippen LogP contribution in [0.2, 0.25) is 0 Å². The Bertz CT molecular complexity index is 1250. The van der Waals surface area contributed by atoms with Crippen molar-refractivity contribution in [2.45, 2.75) is 212 Å². The van der Waals surface area contributed by atoms with Crippen molar-refractivity contribution in [3.63, 3.8) is 0 Å². The maximum absolute atomic E-state index is 13.2. The summed E-state index contributed by atoms with van der Waals surface area (Å²) < 4.78 is 5.88. The fraction of sp³-hybridized carbons (Fsp3) is 0.630. The summed E-state index contributed by atoms with van der Waals surface area (Å²) in [5.41, 5.74) is 0. The second-order valence-corrected chi connectivity index (χ2v) is 16.0. The molecule has 0 rings (SSSR count). The first-order chi connectivity index (χ1) is 29.5. The molecule has 0 aliphatic rings. The van der Waals surface area contributed by atoms with Gasteiger partial charge in [0.2, 0.25) is 5.91 Å². The highest BCUT2D eigenvalue weighted by Gasteiger charge is 2.24. The van der Waals surface area contributed by atoms with Crippen LogP contribution >= 0.6 is 0 Å². The van der Waals surface area contributed by atoms with Gasteiger partial charge in [-0.1, -0.05) is 226 Å². The molecule has 3 atom stereocenters. The average Bonchev–Trinajstić information content (AvgIpc) is 3.24. The van der Waals surface area contributed by atoms with Crippen LogP contribution in [0.5, 0.6) is 0 Å². The minimum Gasteiger partial charge on any atom is -0.462 e. The van der Waals surface area contributed by atoms with Crippen LogP contribution in [0.3, 0.4) is 0 Å². The SMILES string of the molecule is CC\C=C/C=C/C=C/C=C\C=C\C=C\CCCCCC(=O)OC(CCCCC\C=C/C=C/C=C/CC)CC(=O)NC(CO)C(O)CCCCCCCCCCCCCCC. The molecule has 0 aromatic heterocycles. The Kier molecular flexibility index (Phi) is 43.9. The highest BCUT2D eigenvalue weighted by molar-refractivity contribution is 5.77. The zero-order valence-electron chi connectivity index (χ0n) is 38.5. The van der Waals surface area contributed by atoms with E-state index in [1.54, 1.807) is 0 Å². The Labute approximate surface area is 368 Å². The number of esters is 1. The number of allylic oxidation sites excluding steroid dienone is 18. The van der Waals surface area contributed by atoms with Gasteiger partial charge in [-0.25, -0.2) is 0 Å². The van der Waals surface area contributed by atoms with Gasteiger partial charge in [0, 0.05) is 6.42 Å². The third kappa shape index (κ3) is 41.3. The van der Waals surface area contributed by atoms with Crippen molar-refractivity contribution in [2.75, 3.05) is 6.61 Å². The molecule has 3 unspecified atom stereocenters. The molecule has 0 heterocycles. The van der Waals surface area contributed by atoms with E-state index in [1.807, 2.05) is 72.9 Å². The Morgan fingerprint density at radius 1 is 0.500 bits per heavy atom. The second-order valence-electron chi connectivity index (χ2n) is 16.0. The molecule has 0 aromatic carbocycles. The van der Waals surface area contributed by atoms with Gasteiger partial charge in [-0.15, -0.1) is 0 Å². The summed E-state index contributed by atoms with van der Waals surface area (Å²) in [6, 6.07) is -0.728. The molecule has 0 aliphatic carbocycles. The predicted molar refractivity (Wildman–Crippen MR) is 259 cm³/mol. The summed E-state index contributed by atoms with van der Waals surface area (Å²) in [6.45, 7) is 6.16. The normalized spacial score (nSPS) is 14.3. The maximum Gasteiger partial charge on any atom is 0.306 e. The zero-order chi connectivity index (χ0) is 43.8. The van der Waals surface area contributed by atoms with Crippen molar-refractivity contribution in [1.29, 1.82) is 0 Å². The van der Waals surface area contributed by atoms with Gasteiger partial charge < -0.3 is 20.3 Å². The first kappa shape index (κ1) is 56.5. The van der Waals surface area contributed by atoms with Crippen molar-refractivity contribution in [1.82, 2.24) is 5.32 Å². The minimum atomic E-state index is -0.811. The number of aliphatic hydroxyl groups is 2. The van der Waals surface area contributed by atoms with Gasteiger partial charge in [0.15, 0.2) is 0 Å². The smallest absolute Gasteiger partial charge is 0.306 e. The molecule has 0 saturated carbocycles. The van der Waals surface area contributed by atoms with Crippen LogP contribution in [0.15, 0.2) is 109 Å². The van der Waals surface area contributed by atoms with Crippen LogP contribution < -0.4 is 5.32 Å². The lowest BCUT2D eigenvalue weighted by Crippen LogP contribution is -2.46. The summed E-state index contributed by atoms with van der Waals surface area (Å²) in [5.74, 6) is -0.573. The highest BCUT2D eigenvalue weighted by Crippen LogP contribution is 2.17. The van der Waals surface area contributed by atoms with E-state index in [0.29, 0.717) is 19.3 Å². The number of hydrogen-bond acceptors (Lipinski definition) is 5. The van der Waals surface area contributed by atoms with Gasteiger partial charge in [-0.2, -0.15) is 0 Å². The van der Waals surface area contributed by atoms with E-state index in [2.05, 4.69) is 62.5 Å². The number of ether oxygens (including phenoxy) is 1. The van der Waals surface area contributed by atoms with Crippen LogP contribution in [0.25, 0.3) is 0 Å². The Morgan fingerprint density at radius 2 is 0.900 bits per heavy atom. The fourth-order valence-corrected chi connectivity index (χ4v) is 6.70. The van der Waals surface area contributed by atoms with E-state index in [0.717, 1.165) is 83.5 Å². The molecular formula is C54H89NO5. The van der Waals surface area contributed by atoms with E-state index in [4.69, 9.17) is 4.74 Å². The molecule has 1 amide bonds. The quantitative estimate of drug-likeness (QED) is 0.0324. The second kappa shape index (κ2) is 46.6. The Hall–Kier alpha value is -3.48. The first-order valence-corrected chi connectivity index (χ1v) is 24.2. The predicted octanol–water partition coefficient (Wildman–Crippen LogP) is 14.3. The summed E-state index contributed by atoms with van der Waals surface area (Å²) in [5, 5.41) is 23.7. The molecule has 6 nitrogen and oxygen atoms in total. The monoisotopic (exact) mass is 832 g/mol. The molecule has 60 heavy (non-hydrogen) atoms. The van der Waals surface area contributed by atoms with E-state index in [1.165, 1.54) is 64.2 Å². The number of amides is 1. The van der Waals surface area contributed by atoms with Crippen molar-refractivity contribution < 1.29 is 24.5 Å². The highest BCUT2D eigenvalue weighted by atomic mass is 16.5. The molecular weight excluding hydrogens is 743 g/mol. The van der Waals surface area contributed by atoms with Gasteiger partial charge in [-0.05, 0) is 64.2 Å². The Morgan fingerprint density at radius 3 is 1.37 bits per heavy atom. The van der Waals surface area contributed by atoms with E-state index >= 15 is 0 Å². The van der Waals surface area contributed by atoms with Crippen molar-refractivity contribution in [3.05, 3.63) is 109 Å². The number of hydrogen-bond donors (Lipinski definition) is 3. The maximum atomic E-state index is 13.2. The Balaban J connectivity index is 4.71. The molecule has 0 fully saturated rings. The largest absolute Gasteiger partial charge is 0.462 e. The van der Waals surface area contributed by atoms with Gasteiger partial charge in [0.05, 0.1) is 25.2 Å². The van der Waals surface area contributed by atoms with Gasteiger partial charge in [-0.3, -0.25) is 9.59 Å². The van der Waals surface area contributed by atoms with E-state index in [9.17, 15) is 19.8 Å². The third-order valence-electron chi connectivity index (χ3n) is 10.3. The van der Waals surface area contributed by atoms with Gasteiger partial charge in [0.25, 0.3) is 0 Å². The van der Waals surface area contributed by atoms with Crippen LogP contribution in [-0.4, -0.2) is 46.9 Å². The molecule has 340 valence electrons. The lowest BCUT2D eigenvalue weighted by molar-refractivity contribution is -0.151. The topological polar surface area (TPSA) is 95.9 Å². The molecule has 0 aromatic rings. The number of carbonyl (C=O) groups is 2. The molecule has 6 heteroatoms. The molecule has 0 aliphatic heterocycles. The molecule has 0 spiro atoms. The summed E-state index contributed by atoms with van der Waals surface area (Å²) >= 11 is 0. The van der Waals surface area contributed by atoms with Crippen LogP contribution in [-0.2, 0) is 14.3 Å². The summed E-state index contributed by atoms with van der Waals surface area (Å²) in [4.78, 5) is 26.0. The minimum absolute atomic E-state index is 0.0289. The van der Waals surface area contributed by atoms with Gasteiger partial charge in [0.1, 0.15) is 6.10 Å². The number of rotatable bonds is 41. The van der Waals surface area contributed by atoms with Crippen LogP contribution in [0.4, 0.5) is 0 Å². The van der Waals surface area contributed by atoms with E-state index in [-0.39, 0.29) is 24.9 Å². The number of aliphatic hydroxyl groups excluding tert-OH is 2. The summed E-state index contributed by atoms with van der Waals surface area (Å²) in [6.07, 6.45) is 62.9. The summed E-state index contributed by atoms with van der Waals surface area (Å²) in [7, 11) is 0. The standard InChI is InChI=1S/C54H89NO5/c1-4-7-10-13-16-19-22-24-25-26-27-29-32-35-38-41-44-47-54(59)60-50(45-42-39-36-33-30-21-18-15-12-9-6-3)48-53(58)55-51(49-56)52(57)46-43-40-37-34-31-28-23-20-17-14-11-8-5-2/h7,9-10,12-13,15-16,18-19,21-22,24-27,29-30,32,50-52,56-57H,4-6,8,11,14,17,20,23,28,31,33-49H2,1-3H3,(H,55,58)/b10-7-,12-9+,16-13+,18-15+,22-19+,25-24-,27-26+,30-21-,32-29+. The molecule has 0 saturated heterocycles. The number of nitrogens with one attached hydrogen (secondary N) is 1. The number of carbonyl (C=O) groups excluding carboxylic acids is 2. The molecule has 0 bridgehead atoms. The van der Waals surface area contributed by atoms with Crippen molar-refractivity contribution >= 4 is 11.9 Å². The lowest BCUT2D eigenvalue weighted by Gasteiger charge is -2.24. The van der Waals surface area contributed by atoms with Crippen molar-refractivity contribution in [3.8, 4) is 0 Å². The van der Waals surface area contributed by atoms with Gasteiger partial charge >= 0.3 is 5.97 Å².